The molecule has 0 spiro atoms. The van der Waals surface area contributed by atoms with E-state index < -0.39 is 0 Å². The number of rotatable bonds is 5. The Hall–Kier alpha value is -1.55. The summed E-state index contributed by atoms with van der Waals surface area (Å²) in [5, 5.41) is 3.27. The number of aromatic nitrogens is 1. The number of nitrogens with zero attached hydrogens (tertiary/aromatic N) is 1. The van der Waals surface area contributed by atoms with Gasteiger partial charge in [-0.2, -0.15) is 0 Å². The summed E-state index contributed by atoms with van der Waals surface area (Å²) in [5.41, 5.74) is 2.32. The van der Waals surface area contributed by atoms with Gasteiger partial charge in [0, 0.05) is 10.7 Å². The van der Waals surface area contributed by atoms with Crippen molar-refractivity contribution in [3.8, 4) is 5.75 Å². The number of ether oxygens (including phenoxy) is 1. The van der Waals surface area contributed by atoms with Crippen LogP contribution in [0.4, 0.5) is 5.82 Å². The molecule has 0 saturated heterocycles. The number of pyridine rings is 1. The highest BCUT2D eigenvalue weighted by Gasteiger charge is 2.00. The van der Waals surface area contributed by atoms with Gasteiger partial charge in [-0.3, -0.25) is 0 Å². The topological polar surface area (TPSA) is 34.1 Å². The van der Waals surface area contributed by atoms with Crippen molar-refractivity contribution in [2.75, 3.05) is 18.5 Å². The van der Waals surface area contributed by atoms with E-state index in [-0.39, 0.29) is 0 Å². The van der Waals surface area contributed by atoms with E-state index in [4.69, 9.17) is 4.74 Å². The maximum Gasteiger partial charge on any atom is 0.129 e. The molecule has 1 N–H and O–H groups in total. The Labute approximate surface area is 122 Å². The molecule has 3 nitrogen and oxygen atoms in total. The summed E-state index contributed by atoms with van der Waals surface area (Å²) in [4.78, 5) is 4.32. The third kappa shape index (κ3) is 4.24. The third-order valence-electron chi connectivity index (χ3n) is 2.70. The summed E-state index contributed by atoms with van der Waals surface area (Å²) in [6, 6.07) is 10.1. The maximum atomic E-state index is 5.67. The fourth-order valence-corrected chi connectivity index (χ4v) is 2.21. The van der Waals surface area contributed by atoms with Crippen molar-refractivity contribution in [2.24, 2.45) is 0 Å². The molecule has 0 atom stereocenters. The molecule has 1 heterocycles. The first-order chi connectivity index (χ1) is 9.15. The minimum Gasteiger partial charge on any atom is -0.492 e. The van der Waals surface area contributed by atoms with Crippen LogP contribution in [-0.4, -0.2) is 18.1 Å². The Morgan fingerprint density at radius 3 is 2.84 bits per heavy atom. The summed E-state index contributed by atoms with van der Waals surface area (Å²) in [5.74, 6) is 1.80. The second-order valence-electron chi connectivity index (χ2n) is 4.41. The van der Waals surface area contributed by atoms with E-state index in [1.54, 1.807) is 6.20 Å². The summed E-state index contributed by atoms with van der Waals surface area (Å²) in [7, 11) is 0. The van der Waals surface area contributed by atoms with Gasteiger partial charge in [-0.25, -0.2) is 4.98 Å². The molecule has 0 radical (unpaired) electrons. The highest BCUT2D eigenvalue weighted by atomic mass is 79.9. The van der Waals surface area contributed by atoms with Crippen LogP contribution in [0.3, 0.4) is 0 Å². The Bertz CT molecular complexity index is 558. The lowest BCUT2D eigenvalue weighted by Crippen LogP contribution is -2.13. The summed E-state index contributed by atoms with van der Waals surface area (Å²) in [6.07, 6.45) is 1.79. The number of anilines is 1. The Kier molecular flexibility index (Phi) is 4.80. The molecule has 19 heavy (non-hydrogen) atoms. The predicted molar refractivity (Wildman–Crippen MR) is 81.8 cm³/mol. The van der Waals surface area contributed by atoms with Gasteiger partial charge in [-0.15, -0.1) is 0 Å². The molecule has 4 heteroatoms. The Balaban J connectivity index is 1.81. The monoisotopic (exact) mass is 320 g/mol. The molecule has 2 rings (SSSR count). The molecule has 0 saturated carbocycles. The van der Waals surface area contributed by atoms with E-state index in [1.807, 2.05) is 31.2 Å². The number of aryl methyl sites for hydroxylation is 2. The number of benzene rings is 1. The summed E-state index contributed by atoms with van der Waals surface area (Å²) in [6.45, 7) is 5.42. The molecule has 1 aromatic carbocycles. The zero-order valence-electron chi connectivity index (χ0n) is 11.1. The average Bonchev–Trinajstić information content (AvgIpc) is 2.37. The number of halogens is 1. The van der Waals surface area contributed by atoms with Gasteiger partial charge in [-0.1, -0.05) is 12.1 Å². The molecule has 0 unspecified atom stereocenters. The number of hydrogen-bond donors (Lipinski definition) is 1. The Morgan fingerprint density at radius 1 is 1.26 bits per heavy atom. The van der Waals surface area contributed by atoms with Gasteiger partial charge >= 0.3 is 0 Å². The van der Waals surface area contributed by atoms with Crippen LogP contribution in [0.25, 0.3) is 0 Å². The normalized spacial score (nSPS) is 10.3. The molecule has 0 bridgehead atoms. The number of nitrogens with one attached hydrogen (secondary N) is 1. The van der Waals surface area contributed by atoms with E-state index in [9.17, 15) is 0 Å². The zero-order chi connectivity index (χ0) is 13.7. The fraction of sp³-hybridized carbons (Fsp3) is 0.267. The Morgan fingerprint density at radius 2 is 2.11 bits per heavy atom. The first kappa shape index (κ1) is 13.9. The summed E-state index contributed by atoms with van der Waals surface area (Å²) < 4.78 is 6.66. The van der Waals surface area contributed by atoms with Crippen LogP contribution in [0, 0.1) is 13.8 Å². The third-order valence-corrected chi connectivity index (χ3v) is 3.13. The van der Waals surface area contributed by atoms with Crippen LogP contribution in [-0.2, 0) is 0 Å². The quantitative estimate of drug-likeness (QED) is 0.847. The molecule has 0 aliphatic heterocycles. The van der Waals surface area contributed by atoms with Gasteiger partial charge in [-0.05, 0) is 59.1 Å². The highest BCUT2D eigenvalue weighted by Crippen LogP contribution is 2.16. The van der Waals surface area contributed by atoms with Crippen LogP contribution in [0.1, 0.15) is 11.1 Å². The van der Waals surface area contributed by atoms with E-state index in [1.165, 1.54) is 5.56 Å². The highest BCUT2D eigenvalue weighted by molar-refractivity contribution is 9.10. The van der Waals surface area contributed by atoms with Crippen molar-refractivity contribution < 1.29 is 4.74 Å². The molecule has 0 amide bonds. The SMILES string of the molecule is Cc1cccc(OCCNc2ncc(Br)cc2C)c1. The molecular formula is C15H17BrN2O. The van der Waals surface area contributed by atoms with E-state index in [2.05, 4.69) is 39.2 Å². The molecule has 0 aliphatic carbocycles. The van der Waals surface area contributed by atoms with Gasteiger partial charge in [0.05, 0.1) is 6.54 Å². The molecule has 0 aliphatic rings. The van der Waals surface area contributed by atoms with E-state index >= 15 is 0 Å². The van der Waals surface area contributed by atoms with Gasteiger partial charge in [0.1, 0.15) is 18.2 Å². The van der Waals surface area contributed by atoms with E-state index in [0.717, 1.165) is 28.1 Å². The van der Waals surface area contributed by atoms with Gasteiger partial charge in [0.2, 0.25) is 0 Å². The van der Waals surface area contributed by atoms with Crippen molar-refractivity contribution in [1.29, 1.82) is 0 Å². The minimum atomic E-state index is 0.612. The lowest BCUT2D eigenvalue weighted by Gasteiger charge is -2.10. The number of hydrogen-bond acceptors (Lipinski definition) is 3. The van der Waals surface area contributed by atoms with Crippen LogP contribution in [0.15, 0.2) is 41.0 Å². The summed E-state index contributed by atoms with van der Waals surface area (Å²) >= 11 is 3.40. The molecule has 0 fully saturated rings. The van der Waals surface area contributed by atoms with Crippen LogP contribution >= 0.6 is 15.9 Å². The lowest BCUT2D eigenvalue weighted by molar-refractivity contribution is 0.332. The zero-order valence-corrected chi connectivity index (χ0v) is 12.7. The lowest BCUT2D eigenvalue weighted by atomic mass is 10.2. The smallest absolute Gasteiger partial charge is 0.129 e. The van der Waals surface area contributed by atoms with Crippen LogP contribution in [0.2, 0.25) is 0 Å². The first-order valence-corrected chi connectivity index (χ1v) is 7.00. The van der Waals surface area contributed by atoms with Crippen LogP contribution < -0.4 is 10.1 Å². The average molecular weight is 321 g/mol. The molecule has 1 aromatic heterocycles. The first-order valence-electron chi connectivity index (χ1n) is 6.20. The van der Waals surface area contributed by atoms with Crippen molar-refractivity contribution in [3.63, 3.8) is 0 Å². The molecule has 2 aromatic rings. The van der Waals surface area contributed by atoms with Gasteiger partial charge < -0.3 is 10.1 Å². The van der Waals surface area contributed by atoms with Crippen LogP contribution in [0.5, 0.6) is 5.75 Å². The fourth-order valence-electron chi connectivity index (χ4n) is 1.77. The maximum absolute atomic E-state index is 5.67. The van der Waals surface area contributed by atoms with Crippen molar-refractivity contribution >= 4 is 21.7 Å². The largest absolute Gasteiger partial charge is 0.492 e. The standard InChI is InChI=1S/C15H17BrN2O/c1-11-4-3-5-14(8-11)19-7-6-17-15-12(2)9-13(16)10-18-15/h3-5,8-10H,6-7H2,1-2H3,(H,17,18). The van der Waals surface area contributed by atoms with E-state index in [0.29, 0.717) is 6.61 Å². The van der Waals surface area contributed by atoms with Crippen molar-refractivity contribution in [2.45, 2.75) is 13.8 Å². The molecular weight excluding hydrogens is 304 g/mol. The van der Waals surface area contributed by atoms with Crippen molar-refractivity contribution in [1.82, 2.24) is 4.98 Å². The minimum absolute atomic E-state index is 0.612. The second kappa shape index (κ2) is 6.57. The molecule has 100 valence electrons. The second-order valence-corrected chi connectivity index (χ2v) is 5.33. The van der Waals surface area contributed by atoms with Crippen molar-refractivity contribution in [3.05, 3.63) is 52.1 Å². The predicted octanol–water partition coefficient (Wildman–Crippen LogP) is 3.95. The van der Waals surface area contributed by atoms with Gasteiger partial charge in [0.25, 0.3) is 0 Å². The van der Waals surface area contributed by atoms with Gasteiger partial charge in [0.15, 0.2) is 0 Å².